The Morgan fingerprint density at radius 1 is 1.32 bits per heavy atom. The lowest BCUT2D eigenvalue weighted by atomic mass is 10.1. The molecule has 25 heavy (non-hydrogen) atoms. The Morgan fingerprint density at radius 3 is 2.92 bits per heavy atom. The number of benzene rings is 1. The molecular weight excluding hydrogens is 324 g/mol. The number of hydrogen-bond donors (Lipinski definition) is 2. The number of fused-ring (bicyclic) bond motifs is 5. The fourth-order valence-electron chi connectivity index (χ4n) is 2.95. The van der Waals surface area contributed by atoms with Gasteiger partial charge in [-0.25, -0.2) is 4.98 Å². The van der Waals surface area contributed by atoms with Gasteiger partial charge in [0.1, 0.15) is 18.0 Å². The van der Waals surface area contributed by atoms with Crippen molar-refractivity contribution in [1.29, 1.82) is 0 Å². The monoisotopic (exact) mass is 338 g/mol. The zero-order valence-corrected chi connectivity index (χ0v) is 13.1. The SMILES string of the molecule is O=C(O)CCCO/N=C1\c2ccccc2-c2[nH]c(=O)c3nccn3c21. The Kier molecular flexibility index (Phi) is 3.57. The van der Waals surface area contributed by atoms with Crippen LogP contribution in [0.4, 0.5) is 0 Å². The van der Waals surface area contributed by atoms with Crippen LogP contribution in [-0.4, -0.2) is 37.8 Å². The van der Waals surface area contributed by atoms with E-state index < -0.39 is 5.97 Å². The molecule has 3 aromatic rings. The number of hydrogen-bond acceptors (Lipinski definition) is 5. The summed E-state index contributed by atoms with van der Waals surface area (Å²) in [4.78, 5) is 35.1. The van der Waals surface area contributed by atoms with Crippen LogP contribution < -0.4 is 5.56 Å². The molecule has 0 bridgehead atoms. The van der Waals surface area contributed by atoms with Gasteiger partial charge < -0.3 is 14.9 Å². The van der Waals surface area contributed by atoms with E-state index in [0.717, 1.165) is 11.1 Å². The van der Waals surface area contributed by atoms with Crippen LogP contribution in [0.3, 0.4) is 0 Å². The molecule has 126 valence electrons. The van der Waals surface area contributed by atoms with Gasteiger partial charge in [0.15, 0.2) is 0 Å². The highest BCUT2D eigenvalue weighted by Gasteiger charge is 2.29. The first kappa shape index (κ1) is 15.1. The third kappa shape index (κ3) is 2.47. The van der Waals surface area contributed by atoms with Crippen molar-refractivity contribution < 1.29 is 14.7 Å². The van der Waals surface area contributed by atoms with E-state index in [4.69, 9.17) is 9.94 Å². The van der Waals surface area contributed by atoms with Gasteiger partial charge in [-0.3, -0.25) is 14.0 Å². The average Bonchev–Trinajstić information content (AvgIpc) is 3.19. The molecule has 0 spiro atoms. The van der Waals surface area contributed by atoms with Crippen LogP contribution in [0.15, 0.2) is 46.6 Å². The molecule has 0 aliphatic heterocycles. The first-order chi connectivity index (χ1) is 12.2. The number of oxime groups is 1. The molecule has 1 aliphatic carbocycles. The Hall–Kier alpha value is -3.42. The molecule has 4 rings (SSSR count). The van der Waals surface area contributed by atoms with Crippen LogP contribution >= 0.6 is 0 Å². The Labute approximate surface area is 141 Å². The van der Waals surface area contributed by atoms with Gasteiger partial charge >= 0.3 is 5.97 Å². The summed E-state index contributed by atoms with van der Waals surface area (Å²) in [5.41, 5.74) is 3.66. The summed E-state index contributed by atoms with van der Waals surface area (Å²) >= 11 is 0. The summed E-state index contributed by atoms with van der Waals surface area (Å²) in [5, 5.41) is 12.9. The van der Waals surface area contributed by atoms with Crippen molar-refractivity contribution in [2.45, 2.75) is 12.8 Å². The quantitative estimate of drug-likeness (QED) is 0.425. The summed E-state index contributed by atoms with van der Waals surface area (Å²) in [5.74, 6) is -0.870. The number of aliphatic carboxylic acids is 1. The zero-order chi connectivity index (χ0) is 17.4. The van der Waals surface area contributed by atoms with Gasteiger partial charge in [-0.2, -0.15) is 0 Å². The summed E-state index contributed by atoms with van der Waals surface area (Å²) in [6.45, 7) is 0.198. The van der Waals surface area contributed by atoms with Crippen LogP contribution in [0.25, 0.3) is 16.9 Å². The number of H-pyrrole nitrogens is 1. The van der Waals surface area contributed by atoms with Crippen LogP contribution in [0.1, 0.15) is 24.1 Å². The minimum absolute atomic E-state index is 0.0249. The molecule has 0 saturated heterocycles. The Bertz CT molecular complexity index is 1060. The van der Waals surface area contributed by atoms with Gasteiger partial charge in [-0.15, -0.1) is 0 Å². The number of carbonyl (C=O) groups is 1. The highest BCUT2D eigenvalue weighted by molar-refractivity contribution is 6.22. The molecule has 2 heterocycles. The maximum atomic E-state index is 12.2. The first-order valence-corrected chi connectivity index (χ1v) is 7.78. The fraction of sp³-hybridized carbons (Fsp3) is 0.176. The van der Waals surface area contributed by atoms with Gasteiger partial charge in [-0.05, 0) is 6.42 Å². The lowest BCUT2D eigenvalue weighted by Crippen LogP contribution is -2.16. The van der Waals surface area contributed by atoms with Crippen LogP contribution in [0.2, 0.25) is 0 Å². The number of imidazole rings is 1. The fourth-order valence-corrected chi connectivity index (χ4v) is 2.95. The summed E-state index contributed by atoms with van der Waals surface area (Å²) < 4.78 is 1.69. The molecule has 0 atom stereocenters. The highest BCUT2D eigenvalue weighted by atomic mass is 16.6. The second kappa shape index (κ2) is 5.90. The van der Waals surface area contributed by atoms with Crippen molar-refractivity contribution in [3.8, 4) is 11.3 Å². The van der Waals surface area contributed by atoms with E-state index >= 15 is 0 Å². The largest absolute Gasteiger partial charge is 0.481 e. The zero-order valence-electron chi connectivity index (χ0n) is 13.1. The maximum Gasteiger partial charge on any atom is 0.303 e. The van der Waals surface area contributed by atoms with Crippen molar-refractivity contribution >= 4 is 17.3 Å². The second-order valence-electron chi connectivity index (χ2n) is 5.61. The average molecular weight is 338 g/mol. The van der Waals surface area contributed by atoms with E-state index in [9.17, 15) is 9.59 Å². The molecular formula is C17H14N4O4. The van der Waals surface area contributed by atoms with Gasteiger partial charge in [0, 0.05) is 29.9 Å². The lowest BCUT2D eigenvalue weighted by Gasteiger charge is -2.05. The minimum Gasteiger partial charge on any atom is -0.481 e. The second-order valence-corrected chi connectivity index (χ2v) is 5.61. The smallest absolute Gasteiger partial charge is 0.303 e. The van der Waals surface area contributed by atoms with Crippen LogP contribution in [-0.2, 0) is 9.63 Å². The molecule has 0 fully saturated rings. The normalized spacial score (nSPS) is 13.8. The molecule has 0 unspecified atom stereocenters. The van der Waals surface area contributed by atoms with Gasteiger partial charge in [-0.1, -0.05) is 29.4 Å². The highest BCUT2D eigenvalue weighted by Crippen LogP contribution is 2.34. The molecule has 8 nitrogen and oxygen atoms in total. The molecule has 2 N–H and O–H groups in total. The summed E-state index contributed by atoms with van der Waals surface area (Å²) in [6, 6.07) is 7.57. The van der Waals surface area contributed by atoms with Crippen molar-refractivity contribution in [3.05, 3.63) is 58.3 Å². The minimum atomic E-state index is -0.870. The van der Waals surface area contributed by atoms with E-state index in [0.29, 0.717) is 23.5 Å². The molecule has 1 aromatic carbocycles. The number of carboxylic acids is 1. The van der Waals surface area contributed by atoms with E-state index in [1.807, 2.05) is 24.3 Å². The predicted octanol–water partition coefficient (Wildman–Crippen LogP) is 1.64. The molecule has 2 aromatic heterocycles. The lowest BCUT2D eigenvalue weighted by molar-refractivity contribution is -0.137. The van der Waals surface area contributed by atoms with Crippen LogP contribution in [0.5, 0.6) is 0 Å². The third-order valence-electron chi connectivity index (χ3n) is 4.02. The van der Waals surface area contributed by atoms with E-state index in [-0.39, 0.29) is 24.2 Å². The van der Waals surface area contributed by atoms with Gasteiger partial charge in [0.2, 0.25) is 5.65 Å². The van der Waals surface area contributed by atoms with Crippen molar-refractivity contribution in [3.63, 3.8) is 0 Å². The number of carboxylic acid groups (broad SMARTS) is 1. The first-order valence-electron chi connectivity index (χ1n) is 7.78. The Balaban J connectivity index is 1.79. The number of nitrogens with one attached hydrogen (secondary N) is 1. The number of rotatable bonds is 5. The molecule has 0 radical (unpaired) electrons. The van der Waals surface area contributed by atoms with Crippen molar-refractivity contribution in [1.82, 2.24) is 14.4 Å². The number of aromatic amines is 1. The molecule has 0 saturated carbocycles. The standard InChI is InChI=1S/C17H14N4O4/c22-12(23)6-3-9-25-20-14-11-5-2-1-4-10(11)13-15(14)21-8-7-18-16(21)17(24)19-13/h1-2,4-5,7-8H,3,6,9H2,(H,19,24)(H,22,23)/b20-14+. The number of nitrogens with zero attached hydrogens (tertiary/aromatic N) is 3. The topological polar surface area (TPSA) is 109 Å². The summed E-state index contributed by atoms with van der Waals surface area (Å²) in [7, 11) is 0. The third-order valence-corrected chi connectivity index (χ3v) is 4.02. The van der Waals surface area contributed by atoms with Gasteiger partial charge in [0.05, 0.1) is 5.69 Å². The van der Waals surface area contributed by atoms with E-state index in [2.05, 4.69) is 15.1 Å². The van der Waals surface area contributed by atoms with Crippen LogP contribution in [0, 0.1) is 0 Å². The Morgan fingerprint density at radius 2 is 2.12 bits per heavy atom. The van der Waals surface area contributed by atoms with E-state index in [1.54, 1.807) is 16.8 Å². The van der Waals surface area contributed by atoms with Gasteiger partial charge in [0.25, 0.3) is 5.56 Å². The molecule has 1 aliphatic rings. The molecule has 8 heteroatoms. The van der Waals surface area contributed by atoms with Crippen molar-refractivity contribution in [2.75, 3.05) is 6.61 Å². The van der Waals surface area contributed by atoms with E-state index in [1.165, 1.54) is 0 Å². The predicted molar refractivity (Wildman–Crippen MR) is 89.7 cm³/mol. The maximum absolute atomic E-state index is 12.2. The summed E-state index contributed by atoms with van der Waals surface area (Å²) in [6.07, 6.45) is 3.65. The van der Waals surface area contributed by atoms with Crippen molar-refractivity contribution in [2.24, 2.45) is 5.16 Å². The number of aromatic nitrogens is 3. The molecule has 0 amide bonds.